The van der Waals surface area contributed by atoms with Crippen molar-refractivity contribution in [2.45, 2.75) is 13.8 Å². The number of fused-ring (bicyclic) bond motifs is 1. The highest BCUT2D eigenvalue weighted by atomic mass is 16.1. The SMILES string of the molecule is CC(C)CNC(=O)c1cc2ccccc2[nH]1. The van der Waals surface area contributed by atoms with Crippen LogP contribution in [0.15, 0.2) is 30.3 Å². The Balaban J connectivity index is 2.17. The van der Waals surface area contributed by atoms with Gasteiger partial charge in [-0.2, -0.15) is 0 Å². The maximum Gasteiger partial charge on any atom is 0.267 e. The second-order valence-electron chi connectivity index (χ2n) is 4.37. The first-order chi connectivity index (χ1) is 7.66. The van der Waals surface area contributed by atoms with Gasteiger partial charge >= 0.3 is 0 Å². The normalized spacial score (nSPS) is 10.9. The van der Waals surface area contributed by atoms with Crippen molar-refractivity contribution in [1.82, 2.24) is 10.3 Å². The van der Waals surface area contributed by atoms with E-state index in [1.807, 2.05) is 30.3 Å². The second-order valence-corrected chi connectivity index (χ2v) is 4.37. The Morgan fingerprint density at radius 2 is 2.12 bits per heavy atom. The highest BCUT2D eigenvalue weighted by Crippen LogP contribution is 2.14. The van der Waals surface area contributed by atoms with Crippen LogP contribution < -0.4 is 5.32 Å². The van der Waals surface area contributed by atoms with Gasteiger partial charge in [-0.15, -0.1) is 0 Å². The van der Waals surface area contributed by atoms with Gasteiger partial charge in [-0.05, 0) is 18.1 Å². The van der Waals surface area contributed by atoms with Crippen molar-refractivity contribution in [2.75, 3.05) is 6.54 Å². The smallest absolute Gasteiger partial charge is 0.267 e. The van der Waals surface area contributed by atoms with Gasteiger partial charge < -0.3 is 10.3 Å². The summed E-state index contributed by atoms with van der Waals surface area (Å²) in [7, 11) is 0. The summed E-state index contributed by atoms with van der Waals surface area (Å²) in [5.41, 5.74) is 1.62. The van der Waals surface area contributed by atoms with E-state index in [4.69, 9.17) is 0 Å². The van der Waals surface area contributed by atoms with Gasteiger partial charge in [-0.25, -0.2) is 0 Å². The van der Waals surface area contributed by atoms with Crippen LogP contribution in [0.2, 0.25) is 0 Å². The zero-order valence-corrected chi connectivity index (χ0v) is 9.58. The van der Waals surface area contributed by atoms with Gasteiger partial charge in [0.2, 0.25) is 0 Å². The average Bonchev–Trinajstić information content (AvgIpc) is 2.69. The summed E-state index contributed by atoms with van der Waals surface area (Å²) < 4.78 is 0. The molecule has 0 aliphatic rings. The van der Waals surface area contributed by atoms with E-state index in [1.165, 1.54) is 0 Å². The number of rotatable bonds is 3. The molecular formula is C13H16N2O. The molecule has 84 valence electrons. The van der Waals surface area contributed by atoms with E-state index in [0.717, 1.165) is 10.9 Å². The second kappa shape index (κ2) is 4.39. The number of hydrogen-bond donors (Lipinski definition) is 2. The molecule has 0 atom stereocenters. The molecule has 0 aliphatic heterocycles. The van der Waals surface area contributed by atoms with Crippen molar-refractivity contribution in [3.8, 4) is 0 Å². The summed E-state index contributed by atoms with van der Waals surface area (Å²) in [6.07, 6.45) is 0. The number of benzene rings is 1. The average molecular weight is 216 g/mol. The summed E-state index contributed by atoms with van der Waals surface area (Å²) in [5, 5.41) is 3.96. The monoisotopic (exact) mass is 216 g/mol. The third-order valence-electron chi connectivity index (χ3n) is 2.45. The van der Waals surface area contributed by atoms with Crippen LogP contribution in [0.3, 0.4) is 0 Å². The fourth-order valence-corrected chi connectivity index (χ4v) is 1.59. The Morgan fingerprint density at radius 3 is 2.81 bits per heavy atom. The van der Waals surface area contributed by atoms with Gasteiger partial charge in [-0.1, -0.05) is 32.0 Å². The van der Waals surface area contributed by atoms with Crippen LogP contribution in [-0.2, 0) is 0 Å². The molecule has 2 aromatic rings. The summed E-state index contributed by atoms with van der Waals surface area (Å²) >= 11 is 0. The maximum absolute atomic E-state index is 11.8. The zero-order chi connectivity index (χ0) is 11.5. The van der Waals surface area contributed by atoms with Crippen LogP contribution in [-0.4, -0.2) is 17.4 Å². The Kier molecular flexibility index (Phi) is 2.95. The minimum absolute atomic E-state index is 0.0371. The maximum atomic E-state index is 11.8. The highest BCUT2D eigenvalue weighted by molar-refractivity contribution is 5.97. The molecule has 0 aliphatic carbocycles. The van der Waals surface area contributed by atoms with Crippen LogP contribution in [0.25, 0.3) is 10.9 Å². The van der Waals surface area contributed by atoms with Crippen molar-refractivity contribution in [3.63, 3.8) is 0 Å². The van der Waals surface area contributed by atoms with Gasteiger partial charge in [0.15, 0.2) is 0 Å². The van der Waals surface area contributed by atoms with Gasteiger partial charge in [-0.3, -0.25) is 4.79 Å². The number of nitrogens with one attached hydrogen (secondary N) is 2. The summed E-state index contributed by atoms with van der Waals surface area (Å²) in [4.78, 5) is 14.9. The fourth-order valence-electron chi connectivity index (χ4n) is 1.59. The Bertz CT molecular complexity index is 466. The van der Waals surface area contributed by atoms with Gasteiger partial charge in [0.1, 0.15) is 5.69 Å². The van der Waals surface area contributed by atoms with Gasteiger partial charge in [0.25, 0.3) is 5.91 Å². The molecule has 1 aromatic heterocycles. The number of para-hydroxylation sites is 1. The lowest BCUT2D eigenvalue weighted by Crippen LogP contribution is -2.27. The van der Waals surface area contributed by atoms with E-state index in [0.29, 0.717) is 18.2 Å². The van der Waals surface area contributed by atoms with Gasteiger partial charge in [0, 0.05) is 17.4 Å². The van der Waals surface area contributed by atoms with Crippen LogP contribution in [0.5, 0.6) is 0 Å². The molecule has 3 heteroatoms. The summed E-state index contributed by atoms with van der Waals surface area (Å²) in [6, 6.07) is 9.76. The first kappa shape index (κ1) is 10.7. The lowest BCUT2D eigenvalue weighted by Gasteiger charge is -2.05. The molecule has 0 saturated heterocycles. The minimum Gasteiger partial charge on any atom is -0.351 e. The lowest BCUT2D eigenvalue weighted by molar-refractivity contribution is 0.0945. The number of amides is 1. The van der Waals surface area contributed by atoms with Crippen molar-refractivity contribution in [2.24, 2.45) is 5.92 Å². The molecule has 0 fully saturated rings. The number of aromatic amines is 1. The molecule has 16 heavy (non-hydrogen) atoms. The number of carbonyl (C=O) groups is 1. The Morgan fingerprint density at radius 1 is 1.38 bits per heavy atom. The highest BCUT2D eigenvalue weighted by Gasteiger charge is 2.08. The van der Waals surface area contributed by atoms with E-state index >= 15 is 0 Å². The molecular weight excluding hydrogens is 200 g/mol. The quantitative estimate of drug-likeness (QED) is 0.813. The molecule has 1 amide bonds. The number of aromatic nitrogens is 1. The minimum atomic E-state index is -0.0371. The van der Waals surface area contributed by atoms with E-state index in [9.17, 15) is 4.79 Å². The van der Waals surface area contributed by atoms with Crippen molar-refractivity contribution in [3.05, 3.63) is 36.0 Å². The van der Waals surface area contributed by atoms with Crippen LogP contribution in [0.1, 0.15) is 24.3 Å². The van der Waals surface area contributed by atoms with Crippen LogP contribution in [0, 0.1) is 5.92 Å². The number of carbonyl (C=O) groups excluding carboxylic acids is 1. The topological polar surface area (TPSA) is 44.9 Å². The van der Waals surface area contributed by atoms with Crippen molar-refractivity contribution in [1.29, 1.82) is 0 Å². The Labute approximate surface area is 94.9 Å². The van der Waals surface area contributed by atoms with E-state index in [-0.39, 0.29) is 5.91 Å². The largest absolute Gasteiger partial charge is 0.351 e. The van der Waals surface area contributed by atoms with Crippen LogP contribution in [0.4, 0.5) is 0 Å². The number of H-pyrrole nitrogens is 1. The predicted octanol–water partition coefficient (Wildman–Crippen LogP) is 2.55. The molecule has 2 N–H and O–H groups in total. The molecule has 0 bridgehead atoms. The molecule has 2 rings (SSSR count). The van der Waals surface area contributed by atoms with E-state index in [2.05, 4.69) is 24.1 Å². The molecule has 0 radical (unpaired) electrons. The van der Waals surface area contributed by atoms with Crippen molar-refractivity contribution >= 4 is 16.8 Å². The zero-order valence-electron chi connectivity index (χ0n) is 9.58. The molecule has 1 aromatic carbocycles. The third-order valence-corrected chi connectivity index (χ3v) is 2.45. The third kappa shape index (κ3) is 2.24. The first-order valence-electron chi connectivity index (χ1n) is 5.53. The fraction of sp³-hybridized carbons (Fsp3) is 0.308. The molecule has 1 heterocycles. The lowest BCUT2D eigenvalue weighted by atomic mass is 10.2. The molecule has 0 saturated carbocycles. The first-order valence-corrected chi connectivity index (χ1v) is 5.53. The molecule has 0 unspecified atom stereocenters. The van der Waals surface area contributed by atoms with E-state index < -0.39 is 0 Å². The van der Waals surface area contributed by atoms with Crippen LogP contribution >= 0.6 is 0 Å². The number of hydrogen-bond acceptors (Lipinski definition) is 1. The summed E-state index contributed by atoms with van der Waals surface area (Å²) in [5.74, 6) is 0.429. The molecule has 3 nitrogen and oxygen atoms in total. The van der Waals surface area contributed by atoms with Gasteiger partial charge in [0.05, 0.1) is 0 Å². The standard InChI is InChI=1S/C13H16N2O/c1-9(2)8-14-13(16)12-7-10-5-3-4-6-11(10)15-12/h3-7,9,15H,8H2,1-2H3,(H,14,16). The Hall–Kier alpha value is -1.77. The molecule has 0 spiro atoms. The summed E-state index contributed by atoms with van der Waals surface area (Å²) in [6.45, 7) is 4.85. The van der Waals surface area contributed by atoms with Crippen molar-refractivity contribution < 1.29 is 4.79 Å². The van der Waals surface area contributed by atoms with E-state index in [1.54, 1.807) is 0 Å². The predicted molar refractivity (Wildman–Crippen MR) is 65.5 cm³/mol.